The first kappa shape index (κ1) is 21.9. The monoisotopic (exact) mass is 424 g/mol. The molecule has 1 amide bonds. The average Bonchev–Trinajstić information content (AvgIpc) is 3.13. The molecule has 0 aliphatic carbocycles. The van der Waals surface area contributed by atoms with Crippen LogP contribution in [0, 0.1) is 0 Å². The fourth-order valence-electron chi connectivity index (χ4n) is 3.27. The summed E-state index contributed by atoms with van der Waals surface area (Å²) in [5.41, 5.74) is 3.25. The van der Waals surface area contributed by atoms with Crippen molar-refractivity contribution in [3.05, 3.63) is 65.5 Å². The predicted octanol–water partition coefficient (Wildman–Crippen LogP) is 4.81. The van der Waals surface area contributed by atoms with E-state index in [1.165, 1.54) is 11.8 Å². The number of aryl methyl sites for hydroxylation is 2. The number of para-hydroxylation sites is 2. The molecule has 3 aromatic rings. The van der Waals surface area contributed by atoms with Crippen LogP contribution in [-0.2, 0) is 24.7 Å². The van der Waals surface area contributed by atoms with Gasteiger partial charge in [0.1, 0.15) is 5.75 Å². The minimum absolute atomic E-state index is 0.0475. The Morgan fingerprint density at radius 1 is 1.07 bits per heavy atom. The Bertz CT molecular complexity index is 966. The highest BCUT2D eigenvalue weighted by molar-refractivity contribution is 7.99. The van der Waals surface area contributed by atoms with Gasteiger partial charge in [0, 0.05) is 12.7 Å². The molecular weight excluding hydrogens is 396 g/mol. The van der Waals surface area contributed by atoms with Gasteiger partial charge in [-0.3, -0.25) is 4.79 Å². The quantitative estimate of drug-likeness (QED) is 0.499. The van der Waals surface area contributed by atoms with Crippen molar-refractivity contribution in [3.63, 3.8) is 0 Å². The Hall–Kier alpha value is -2.80. The maximum absolute atomic E-state index is 12.6. The molecule has 0 saturated heterocycles. The molecule has 30 heavy (non-hydrogen) atoms. The summed E-state index contributed by atoms with van der Waals surface area (Å²) in [5, 5.41) is 12.3. The lowest BCUT2D eigenvalue weighted by molar-refractivity contribution is -0.113. The lowest BCUT2D eigenvalue weighted by Gasteiger charge is -2.15. The van der Waals surface area contributed by atoms with Crippen molar-refractivity contribution in [2.75, 3.05) is 11.1 Å². The molecule has 3 rings (SSSR count). The third-order valence-electron chi connectivity index (χ3n) is 4.88. The minimum Gasteiger partial charge on any atom is -0.483 e. The zero-order valence-corrected chi connectivity index (χ0v) is 18.7. The van der Waals surface area contributed by atoms with E-state index in [1.54, 1.807) is 0 Å². The summed E-state index contributed by atoms with van der Waals surface area (Å²) in [4.78, 5) is 12.6. The molecule has 1 atom stereocenters. The first-order valence-corrected chi connectivity index (χ1v) is 11.2. The number of hydrogen-bond acceptors (Lipinski definition) is 5. The van der Waals surface area contributed by atoms with Crippen LogP contribution >= 0.6 is 11.8 Å². The summed E-state index contributed by atoms with van der Waals surface area (Å²) in [5.74, 6) is 1.71. The van der Waals surface area contributed by atoms with Crippen LogP contribution < -0.4 is 10.1 Å². The molecule has 158 valence electrons. The summed E-state index contributed by atoms with van der Waals surface area (Å²) < 4.78 is 7.82. The van der Waals surface area contributed by atoms with E-state index >= 15 is 0 Å². The average molecular weight is 425 g/mol. The molecule has 2 aromatic carbocycles. The molecule has 0 bridgehead atoms. The molecule has 1 aromatic heterocycles. The Morgan fingerprint density at radius 2 is 1.73 bits per heavy atom. The van der Waals surface area contributed by atoms with E-state index in [0.29, 0.717) is 11.0 Å². The summed E-state index contributed by atoms with van der Waals surface area (Å²) in [6.45, 7) is 6.13. The van der Waals surface area contributed by atoms with Crippen LogP contribution in [0.15, 0.2) is 53.7 Å². The molecule has 1 unspecified atom stereocenters. The number of nitrogens with zero attached hydrogens (tertiary/aromatic N) is 3. The van der Waals surface area contributed by atoms with Gasteiger partial charge in [-0.05, 0) is 43.0 Å². The number of ether oxygens (including phenoxy) is 1. The molecule has 0 spiro atoms. The number of carbonyl (C=O) groups is 1. The normalized spacial score (nSPS) is 11.9. The van der Waals surface area contributed by atoms with Gasteiger partial charge in [0.25, 0.3) is 0 Å². The van der Waals surface area contributed by atoms with E-state index in [2.05, 4.69) is 41.5 Å². The second-order valence-corrected chi connectivity index (χ2v) is 7.91. The topological polar surface area (TPSA) is 69.0 Å². The van der Waals surface area contributed by atoms with Crippen LogP contribution in [0.5, 0.6) is 5.75 Å². The number of anilines is 1. The molecule has 0 fully saturated rings. The summed E-state index contributed by atoms with van der Waals surface area (Å²) in [6, 6.07) is 15.8. The van der Waals surface area contributed by atoms with E-state index in [-0.39, 0.29) is 17.8 Å². The highest BCUT2D eigenvalue weighted by Gasteiger charge is 2.18. The van der Waals surface area contributed by atoms with Crippen LogP contribution in [-0.4, -0.2) is 26.4 Å². The van der Waals surface area contributed by atoms with Gasteiger partial charge in [0.05, 0.1) is 5.75 Å². The molecule has 1 heterocycles. The van der Waals surface area contributed by atoms with Gasteiger partial charge in [-0.25, -0.2) is 0 Å². The van der Waals surface area contributed by atoms with E-state index in [1.807, 2.05) is 54.9 Å². The van der Waals surface area contributed by atoms with Gasteiger partial charge >= 0.3 is 0 Å². The maximum atomic E-state index is 12.6. The van der Waals surface area contributed by atoms with Crippen molar-refractivity contribution in [1.29, 1.82) is 0 Å². The third-order valence-corrected chi connectivity index (χ3v) is 5.90. The lowest BCUT2D eigenvalue weighted by atomic mass is 10.0. The molecule has 7 heteroatoms. The molecule has 1 N–H and O–H groups in total. The molecule has 0 aliphatic rings. The van der Waals surface area contributed by atoms with Gasteiger partial charge in [-0.1, -0.05) is 62.0 Å². The number of aromatic nitrogens is 3. The largest absolute Gasteiger partial charge is 0.483 e. The number of hydrogen-bond donors (Lipinski definition) is 1. The van der Waals surface area contributed by atoms with Crippen LogP contribution in [0.2, 0.25) is 0 Å². The van der Waals surface area contributed by atoms with E-state index in [9.17, 15) is 4.79 Å². The van der Waals surface area contributed by atoms with E-state index < -0.39 is 0 Å². The molecule has 0 radical (unpaired) electrons. The first-order chi connectivity index (χ1) is 14.5. The highest BCUT2D eigenvalue weighted by Crippen LogP contribution is 2.25. The van der Waals surface area contributed by atoms with E-state index in [0.717, 1.165) is 35.4 Å². The molecule has 0 saturated carbocycles. The van der Waals surface area contributed by atoms with Crippen molar-refractivity contribution >= 4 is 23.4 Å². The standard InChI is InChI=1S/C23H28N4O2S/c1-5-17-11-10-12-18(6-2)21(17)24-20(28)15-30-23-26-25-22(27(23)4)16(3)29-19-13-8-7-9-14-19/h7-14,16H,5-6,15H2,1-4H3,(H,24,28). The van der Waals surface area contributed by atoms with Gasteiger partial charge < -0.3 is 14.6 Å². The van der Waals surface area contributed by atoms with Crippen LogP contribution in [0.3, 0.4) is 0 Å². The van der Waals surface area contributed by atoms with Gasteiger partial charge in [-0.15, -0.1) is 10.2 Å². The maximum Gasteiger partial charge on any atom is 0.234 e. The Labute approximate surface area is 182 Å². The molecular formula is C23H28N4O2S. The van der Waals surface area contributed by atoms with E-state index in [4.69, 9.17) is 4.74 Å². The number of carbonyl (C=O) groups excluding carboxylic acids is 1. The number of amides is 1. The molecule has 0 aliphatic heterocycles. The minimum atomic E-state index is -0.253. The Morgan fingerprint density at radius 3 is 2.37 bits per heavy atom. The Balaban J connectivity index is 1.62. The Kier molecular flexibility index (Phi) is 7.52. The zero-order valence-electron chi connectivity index (χ0n) is 17.9. The van der Waals surface area contributed by atoms with Crippen molar-refractivity contribution in [3.8, 4) is 5.75 Å². The van der Waals surface area contributed by atoms with Crippen LogP contribution in [0.4, 0.5) is 5.69 Å². The fourth-order valence-corrected chi connectivity index (χ4v) is 3.99. The zero-order chi connectivity index (χ0) is 21.5. The van der Waals surface area contributed by atoms with Gasteiger partial charge in [-0.2, -0.15) is 0 Å². The molecule has 6 nitrogen and oxygen atoms in total. The van der Waals surface area contributed by atoms with Gasteiger partial charge in [0.2, 0.25) is 5.91 Å². The number of rotatable bonds is 9. The lowest BCUT2D eigenvalue weighted by Crippen LogP contribution is -2.17. The van der Waals surface area contributed by atoms with Crippen molar-refractivity contribution in [2.45, 2.75) is 44.9 Å². The number of nitrogens with one attached hydrogen (secondary N) is 1. The smallest absolute Gasteiger partial charge is 0.234 e. The summed E-state index contributed by atoms with van der Waals surface area (Å²) in [6.07, 6.45) is 1.50. The number of thioether (sulfide) groups is 1. The highest BCUT2D eigenvalue weighted by atomic mass is 32.2. The van der Waals surface area contributed by atoms with Crippen molar-refractivity contribution in [2.24, 2.45) is 7.05 Å². The van der Waals surface area contributed by atoms with Gasteiger partial charge in [0.15, 0.2) is 17.1 Å². The first-order valence-electron chi connectivity index (χ1n) is 10.2. The van der Waals surface area contributed by atoms with Crippen LogP contribution in [0.25, 0.3) is 0 Å². The SMILES string of the molecule is CCc1cccc(CC)c1NC(=O)CSc1nnc(C(C)Oc2ccccc2)n1C. The van der Waals surface area contributed by atoms with Crippen LogP contribution in [0.1, 0.15) is 43.8 Å². The second kappa shape index (κ2) is 10.3. The van der Waals surface area contributed by atoms with Crippen molar-refractivity contribution < 1.29 is 9.53 Å². The number of benzene rings is 2. The summed E-state index contributed by atoms with van der Waals surface area (Å²) in [7, 11) is 1.89. The third kappa shape index (κ3) is 5.21. The second-order valence-electron chi connectivity index (χ2n) is 6.97. The summed E-state index contributed by atoms with van der Waals surface area (Å²) >= 11 is 1.37. The van der Waals surface area contributed by atoms with Crippen molar-refractivity contribution in [1.82, 2.24) is 14.8 Å². The predicted molar refractivity (Wildman–Crippen MR) is 121 cm³/mol. The fraction of sp³-hybridized carbons (Fsp3) is 0.348.